The normalized spacial score (nSPS) is 10.6. The second-order valence-electron chi connectivity index (χ2n) is 6.98. The summed E-state index contributed by atoms with van der Waals surface area (Å²) in [5, 5.41) is 7.79. The lowest BCUT2D eigenvalue weighted by atomic mass is 10.1. The molecule has 6 nitrogen and oxygen atoms in total. The van der Waals surface area contributed by atoms with E-state index < -0.39 is 0 Å². The minimum Gasteiger partial charge on any atom is -0.493 e. The molecule has 0 aliphatic heterocycles. The number of anilines is 2. The summed E-state index contributed by atoms with van der Waals surface area (Å²) >= 11 is 6.14. The standard InChI is InChI=1S/C25H22ClN3O3/c1-31-23-4-2-3-5-24(23)32-15-14-28-25(30)17-6-9-19(10-7-17)29-22-12-13-27-21-11-8-18(26)16-20(21)22/h2-13,16H,14-15H2,1H3,(H,27,29)(H,28,30). The number of carbonyl (C=O) groups is 1. The van der Waals surface area contributed by atoms with Gasteiger partial charge in [-0.2, -0.15) is 0 Å². The lowest BCUT2D eigenvalue weighted by Crippen LogP contribution is -2.28. The molecule has 0 saturated carbocycles. The van der Waals surface area contributed by atoms with E-state index in [1.807, 2.05) is 60.7 Å². The van der Waals surface area contributed by atoms with Crippen LogP contribution in [0.4, 0.5) is 11.4 Å². The van der Waals surface area contributed by atoms with Crippen molar-refractivity contribution in [1.29, 1.82) is 0 Å². The van der Waals surface area contributed by atoms with Crippen molar-refractivity contribution in [2.24, 2.45) is 0 Å². The van der Waals surface area contributed by atoms with Crippen molar-refractivity contribution in [1.82, 2.24) is 10.3 Å². The first-order valence-corrected chi connectivity index (χ1v) is 10.5. The van der Waals surface area contributed by atoms with Gasteiger partial charge in [0.1, 0.15) is 6.61 Å². The molecule has 1 heterocycles. The topological polar surface area (TPSA) is 72.5 Å². The highest BCUT2D eigenvalue weighted by Gasteiger charge is 2.08. The van der Waals surface area contributed by atoms with Crippen LogP contribution in [0.3, 0.4) is 0 Å². The molecule has 0 aliphatic carbocycles. The van der Waals surface area contributed by atoms with Gasteiger partial charge < -0.3 is 20.1 Å². The average Bonchev–Trinajstić information content (AvgIpc) is 2.83. The van der Waals surface area contributed by atoms with Crippen molar-refractivity contribution in [3.63, 3.8) is 0 Å². The Hall–Kier alpha value is -3.77. The number of benzene rings is 3. The maximum absolute atomic E-state index is 12.4. The number of halogens is 1. The number of para-hydroxylation sites is 2. The molecular weight excluding hydrogens is 426 g/mol. The van der Waals surface area contributed by atoms with E-state index in [0.29, 0.717) is 35.2 Å². The van der Waals surface area contributed by atoms with E-state index in [4.69, 9.17) is 21.1 Å². The van der Waals surface area contributed by atoms with Gasteiger partial charge >= 0.3 is 0 Å². The van der Waals surface area contributed by atoms with Crippen molar-refractivity contribution in [2.45, 2.75) is 0 Å². The van der Waals surface area contributed by atoms with Gasteiger partial charge in [-0.1, -0.05) is 23.7 Å². The summed E-state index contributed by atoms with van der Waals surface area (Å²) in [4.78, 5) is 16.8. The highest BCUT2D eigenvalue weighted by Crippen LogP contribution is 2.28. The maximum Gasteiger partial charge on any atom is 0.251 e. The second kappa shape index (κ2) is 10.0. The molecule has 32 heavy (non-hydrogen) atoms. The molecule has 2 N–H and O–H groups in total. The number of hydrogen-bond donors (Lipinski definition) is 2. The zero-order chi connectivity index (χ0) is 22.3. The first-order valence-electron chi connectivity index (χ1n) is 10.1. The summed E-state index contributed by atoms with van der Waals surface area (Å²) in [5.74, 6) is 1.14. The van der Waals surface area contributed by atoms with Crippen LogP contribution < -0.4 is 20.1 Å². The molecule has 0 unspecified atom stereocenters. The maximum atomic E-state index is 12.4. The molecule has 0 radical (unpaired) electrons. The van der Waals surface area contributed by atoms with Crippen LogP contribution in [-0.4, -0.2) is 31.2 Å². The van der Waals surface area contributed by atoms with Gasteiger partial charge in [0.05, 0.1) is 19.2 Å². The van der Waals surface area contributed by atoms with E-state index >= 15 is 0 Å². The van der Waals surface area contributed by atoms with Gasteiger partial charge in [-0.25, -0.2) is 0 Å². The smallest absolute Gasteiger partial charge is 0.251 e. The Morgan fingerprint density at radius 3 is 2.56 bits per heavy atom. The van der Waals surface area contributed by atoms with Crippen LogP contribution in [0.2, 0.25) is 5.02 Å². The molecule has 0 bridgehead atoms. The number of aromatic nitrogens is 1. The summed E-state index contributed by atoms with van der Waals surface area (Å²) in [6.07, 6.45) is 1.74. The number of methoxy groups -OCH3 is 1. The minimum absolute atomic E-state index is 0.165. The third kappa shape index (κ3) is 5.10. The van der Waals surface area contributed by atoms with Gasteiger partial charge in [-0.05, 0) is 60.7 Å². The van der Waals surface area contributed by atoms with Crippen molar-refractivity contribution < 1.29 is 14.3 Å². The molecular formula is C25H22ClN3O3. The summed E-state index contributed by atoms with van der Waals surface area (Å²) in [7, 11) is 1.59. The summed E-state index contributed by atoms with van der Waals surface area (Å²) < 4.78 is 10.9. The number of amides is 1. The molecule has 0 saturated heterocycles. The fourth-order valence-corrected chi connectivity index (χ4v) is 3.43. The third-order valence-corrected chi connectivity index (χ3v) is 5.08. The Balaban J connectivity index is 1.33. The van der Waals surface area contributed by atoms with E-state index in [1.54, 1.807) is 25.4 Å². The third-order valence-electron chi connectivity index (χ3n) is 4.84. The number of ether oxygens (including phenoxy) is 2. The quantitative estimate of drug-likeness (QED) is 0.351. The summed E-state index contributed by atoms with van der Waals surface area (Å²) in [5.41, 5.74) is 3.16. The molecule has 0 fully saturated rings. The molecule has 1 aromatic heterocycles. The number of fused-ring (bicyclic) bond motifs is 1. The van der Waals surface area contributed by atoms with E-state index in [0.717, 1.165) is 22.3 Å². The molecule has 4 rings (SSSR count). The Morgan fingerprint density at radius 2 is 1.78 bits per heavy atom. The van der Waals surface area contributed by atoms with Gasteiger partial charge in [0, 0.05) is 33.5 Å². The van der Waals surface area contributed by atoms with Crippen LogP contribution in [0.25, 0.3) is 10.9 Å². The molecule has 1 amide bonds. The highest BCUT2D eigenvalue weighted by atomic mass is 35.5. The van der Waals surface area contributed by atoms with Crippen molar-refractivity contribution in [3.05, 3.63) is 89.6 Å². The number of nitrogens with zero attached hydrogens (tertiary/aromatic N) is 1. The van der Waals surface area contributed by atoms with Crippen molar-refractivity contribution in [3.8, 4) is 11.5 Å². The highest BCUT2D eigenvalue weighted by molar-refractivity contribution is 6.31. The van der Waals surface area contributed by atoms with Crippen LogP contribution in [0.15, 0.2) is 79.0 Å². The number of hydrogen-bond acceptors (Lipinski definition) is 5. The summed E-state index contributed by atoms with van der Waals surface area (Å²) in [6.45, 7) is 0.712. The lowest BCUT2D eigenvalue weighted by molar-refractivity contribution is 0.0947. The largest absolute Gasteiger partial charge is 0.493 e. The number of rotatable bonds is 8. The van der Waals surface area contributed by atoms with Crippen molar-refractivity contribution in [2.75, 3.05) is 25.6 Å². The van der Waals surface area contributed by atoms with Crippen LogP contribution >= 0.6 is 11.6 Å². The fraction of sp³-hybridized carbons (Fsp3) is 0.120. The monoisotopic (exact) mass is 447 g/mol. The number of nitrogens with one attached hydrogen (secondary N) is 2. The molecule has 4 aromatic rings. The molecule has 0 spiro atoms. The van der Waals surface area contributed by atoms with E-state index in [9.17, 15) is 4.79 Å². The number of pyridine rings is 1. The van der Waals surface area contributed by atoms with Gasteiger partial charge in [0.2, 0.25) is 0 Å². The van der Waals surface area contributed by atoms with Gasteiger partial charge in [-0.15, -0.1) is 0 Å². The fourth-order valence-electron chi connectivity index (χ4n) is 3.25. The zero-order valence-electron chi connectivity index (χ0n) is 17.5. The first-order chi connectivity index (χ1) is 15.6. The van der Waals surface area contributed by atoms with Gasteiger partial charge in [0.25, 0.3) is 5.91 Å². The van der Waals surface area contributed by atoms with Crippen molar-refractivity contribution >= 4 is 39.8 Å². The number of carbonyl (C=O) groups excluding carboxylic acids is 1. The molecule has 7 heteroatoms. The Labute approximate surface area is 191 Å². The molecule has 0 atom stereocenters. The minimum atomic E-state index is -0.165. The van der Waals surface area contributed by atoms with Crippen LogP contribution in [0, 0.1) is 0 Å². The summed E-state index contributed by atoms with van der Waals surface area (Å²) in [6, 6.07) is 22.1. The van der Waals surface area contributed by atoms with Gasteiger partial charge in [-0.3, -0.25) is 9.78 Å². The first kappa shape index (κ1) is 21.5. The molecule has 0 aliphatic rings. The zero-order valence-corrected chi connectivity index (χ0v) is 18.2. The lowest BCUT2D eigenvalue weighted by Gasteiger charge is -2.12. The van der Waals surface area contributed by atoms with E-state index in [2.05, 4.69) is 15.6 Å². The average molecular weight is 448 g/mol. The Kier molecular flexibility index (Phi) is 6.72. The Morgan fingerprint density at radius 1 is 1.00 bits per heavy atom. The van der Waals surface area contributed by atoms with Gasteiger partial charge in [0.15, 0.2) is 11.5 Å². The Bertz CT molecular complexity index is 1230. The van der Waals surface area contributed by atoms with Crippen LogP contribution in [0.5, 0.6) is 11.5 Å². The van der Waals surface area contributed by atoms with Crippen LogP contribution in [0.1, 0.15) is 10.4 Å². The van der Waals surface area contributed by atoms with Crippen LogP contribution in [-0.2, 0) is 0 Å². The predicted octanol–water partition coefficient (Wildman–Crippen LogP) is 5.45. The predicted molar refractivity (Wildman–Crippen MR) is 127 cm³/mol. The molecule has 162 valence electrons. The second-order valence-corrected chi connectivity index (χ2v) is 7.41. The van der Waals surface area contributed by atoms with E-state index in [1.165, 1.54) is 0 Å². The SMILES string of the molecule is COc1ccccc1OCCNC(=O)c1ccc(Nc2ccnc3ccc(Cl)cc23)cc1. The van der Waals surface area contributed by atoms with E-state index in [-0.39, 0.29) is 5.91 Å². The molecule has 3 aromatic carbocycles.